The van der Waals surface area contributed by atoms with Gasteiger partial charge in [-0.2, -0.15) is 9.97 Å². The van der Waals surface area contributed by atoms with E-state index in [0.717, 1.165) is 0 Å². The first-order valence-electron chi connectivity index (χ1n) is 10.4. The predicted molar refractivity (Wildman–Crippen MR) is 122 cm³/mol. The molecule has 0 aliphatic carbocycles. The average molecular weight is 503 g/mol. The van der Waals surface area contributed by atoms with Gasteiger partial charge in [0.05, 0.1) is 19.0 Å². The Labute approximate surface area is 194 Å². The Kier molecular flexibility index (Phi) is 6.35. The number of esters is 1. The molecule has 1 unspecified atom stereocenters. The summed E-state index contributed by atoms with van der Waals surface area (Å²) in [6.45, 7) is 3.21. The quantitative estimate of drug-likeness (QED) is 0.389. The molecule has 33 heavy (non-hydrogen) atoms. The third-order valence-corrected chi connectivity index (χ3v) is 7.91. The van der Waals surface area contributed by atoms with Crippen LogP contribution in [0.1, 0.15) is 33.9 Å². The van der Waals surface area contributed by atoms with Gasteiger partial charge >= 0.3 is 5.97 Å². The number of nitrogens with one attached hydrogen (secondary N) is 2. The molecule has 2 saturated heterocycles. The molecule has 2 aliphatic heterocycles. The number of nitrogens with zero attached hydrogens (tertiary/aromatic N) is 4. The van der Waals surface area contributed by atoms with Gasteiger partial charge in [-0.15, -0.1) is 0 Å². The number of hydrogen-bond acceptors (Lipinski definition) is 11. The number of imidazole rings is 1. The fraction of sp³-hybridized carbons (Fsp3) is 0.667. The zero-order chi connectivity index (χ0) is 24.1. The maximum Gasteiger partial charge on any atom is 0.323 e. The van der Waals surface area contributed by atoms with E-state index in [2.05, 4.69) is 25.4 Å². The predicted octanol–water partition coefficient (Wildman–Crippen LogP) is 1.65. The van der Waals surface area contributed by atoms with Crippen LogP contribution in [-0.4, -0.2) is 69.2 Å². The fourth-order valence-electron chi connectivity index (χ4n) is 3.83. The smallest absolute Gasteiger partial charge is 0.323 e. The van der Waals surface area contributed by atoms with Gasteiger partial charge in [-0.3, -0.25) is 9.36 Å². The SMILES string of the molecule is CNc1nc(N)nc2c1ncn2[C@@H]1O[C@@H]2COP(=S)(N[C@@H](C)C(=O)OC(C)C)O[C@H]2[C@@]1(C)F. The first kappa shape index (κ1) is 24.2. The van der Waals surface area contributed by atoms with Gasteiger partial charge in [0.15, 0.2) is 28.9 Å². The summed E-state index contributed by atoms with van der Waals surface area (Å²) in [5.74, 6) is -0.0884. The first-order valence-corrected chi connectivity index (χ1v) is 13.0. The molecule has 4 rings (SSSR count). The molecule has 4 heterocycles. The van der Waals surface area contributed by atoms with Crippen molar-refractivity contribution in [2.75, 3.05) is 24.7 Å². The Morgan fingerprint density at radius 3 is 2.85 bits per heavy atom. The molecule has 182 valence electrons. The Morgan fingerprint density at radius 1 is 1.45 bits per heavy atom. The summed E-state index contributed by atoms with van der Waals surface area (Å²) in [5.41, 5.74) is 4.50. The van der Waals surface area contributed by atoms with Gasteiger partial charge in [0.1, 0.15) is 18.2 Å². The standard InChI is InChI=1S/C18H27FN7O5PS/c1-8(2)29-15(27)9(3)25-32(33)28-6-10-12(31-32)18(4,19)16(30-10)26-7-22-11-13(21-5)23-17(20)24-14(11)26/h7-10,12,16H,6H2,1-5H3,(H,25,33)(H3,20,21,23,24)/t9-,10+,12+,16+,18+,32?/m0/s1. The highest BCUT2D eigenvalue weighted by atomic mass is 32.5. The van der Waals surface area contributed by atoms with Gasteiger partial charge in [-0.25, -0.2) is 14.5 Å². The molecule has 2 aliphatic rings. The van der Waals surface area contributed by atoms with Crippen LogP contribution in [0.15, 0.2) is 6.33 Å². The summed E-state index contributed by atoms with van der Waals surface area (Å²) in [7, 11) is 1.67. The lowest BCUT2D eigenvalue weighted by molar-refractivity contribution is -0.149. The molecule has 0 saturated carbocycles. The summed E-state index contributed by atoms with van der Waals surface area (Å²) in [6.07, 6.45) is -1.80. The Bertz CT molecular complexity index is 1120. The number of anilines is 2. The van der Waals surface area contributed by atoms with Crippen molar-refractivity contribution in [3.05, 3.63) is 6.33 Å². The number of aromatic nitrogens is 4. The van der Waals surface area contributed by atoms with E-state index in [1.807, 2.05) is 0 Å². The summed E-state index contributed by atoms with van der Waals surface area (Å²) in [4.78, 5) is 24.8. The highest BCUT2D eigenvalue weighted by Gasteiger charge is 2.60. The molecule has 0 amide bonds. The number of alkyl halides is 1. The second kappa shape index (κ2) is 8.67. The van der Waals surface area contributed by atoms with Gasteiger partial charge in [-0.05, 0) is 39.5 Å². The second-order valence-electron chi connectivity index (χ2n) is 8.34. The molecule has 0 radical (unpaired) electrons. The van der Waals surface area contributed by atoms with Crippen LogP contribution in [0.3, 0.4) is 0 Å². The number of hydrogen-bond donors (Lipinski definition) is 3. The summed E-state index contributed by atoms with van der Waals surface area (Å²) < 4.78 is 40.5. The number of rotatable bonds is 6. The van der Waals surface area contributed by atoms with Gasteiger partial charge in [0.2, 0.25) is 5.95 Å². The van der Waals surface area contributed by atoms with Gasteiger partial charge in [0.25, 0.3) is 6.64 Å². The van der Waals surface area contributed by atoms with E-state index in [1.165, 1.54) is 17.8 Å². The molecular weight excluding hydrogens is 476 g/mol. The van der Waals surface area contributed by atoms with Gasteiger partial charge < -0.3 is 29.6 Å². The van der Waals surface area contributed by atoms with Crippen LogP contribution in [0.4, 0.5) is 16.2 Å². The van der Waals surface area contributed by atoms with E-state index < -0.39 is 42.8 Å². The monoisotopic (exact) mass is 503 g/mol. The number of carbonyl (C=O) groups excluding carboxylic acids is 1. The average Bonchev–Trinajstić information content (AvgIpc) is 3.24. The Balaban J connectivity index is 1.58. The third-order valence-electron chi connectivity index (χ3n) is 5.33. The third kappa shape index (κ3) is 4.43. The van der Waals surface area contributed by atoms with Crippen molar-refractivity contribution >= 4 is 47.3 Å². The lowest BCUT2D eigenvalue weighted by atomic mass is 9.98. The molecule has 4 N–H and O–H groups in total. The van der Waals surface area contributed by atoms with Crippen LogP contribution in [-0.2, 0) is 35.1 Å². The van der Waals surface area contributed by atoms with Crippen molar-refractivity contribution in [1.82, 2.24) is 24.6 Å². The number of nitrogens with two attached hydrogens (primary N) is 1. The van der Waals surface area contributed by atoms with Gasteiger partial charge in [-0.1, -0.05) is 0 Å². The summed E-state index contributed by atoms with van der Waals surface area (Å²) in [5, 5.41) is 5.77. The lowest BCUT2D eigenvalue weighted by Gasteiger charge is -2.37. The van der Waals surface area contributed by atoms with E-state index in [0.29, 0.717) is 17.0 Å². The molecule has 6 atom stereocenters. The van der Waals surface area contributed by atoms with E-state index in [4.69, 9.17) is 36.1 Å². The largest absolute Gasteiger partial charge is 0.462 e. The van der Waals surface area contributed by atoms with E-state index >= 15 is 4.39 Å². The minimum absolute atomic E-state index is 0.00568. The maximum atomic E-state index is 16.2. The van der Waals surface area contributed by atoms with Gasteiger partial charge in [0, 0.05) is 7.05 Å². The molecule has 2 aromatic heterocycles. The second-order valence-corrected chi connectivity index (χ2v) is 11.5. The van der Waals surface area contributed by atoms with Crippen molar-refractivity contribution in [3.8, 4) is 0 Å². The Morgan fingerprint density at radius 2 is 2.18 bits per heavy atom. The maximum absolute atomic E-state index is 16.2. The molecule has 0 spiro atoms. The molecule has 12 nitrogen and oxygen atoms in total. The zero-order valence-corrected chi connectivity index (χ0v) is 20.5. The van der Waals surface area contributed by atoms with E-state index in [-0.39, 0.29) is 18.7 Å². The fourth-order valence-corrected chi connectivity index (χ4v) is 6.53. The first-order chi connectivity index (χ1) is 15.4. The van der Waals surface area contributed by atoms with Crippen LogP contribution in [0, 0.1) is 0 Å². The van der Waals surface area contributed by atoms with Crippen LogP contribution in [0.5, 0.6) is 0 Å². The van der Waals surface area contributed by atoms with Crippen molar-refractivity contribution in [1.29, 1.82) is 0 Å². The van der Waals surface area contributed by atoms with Crippen LogP contribution in [0.25, 0.3) is 11.2 Å². The van der Waals surface area contributed by atoms with Crippen molar-refractivity contribution in [2.45, 2.75) is 63.9 Å². The minimum Gasteiger partial charge on any atom is -0.462 e. The molecule has 15 heteroatoms. The molecule has 2 fully saturated rings. The number of fused-ring (bicyclic) bond motifs is 2. The summed E-state index contributed by atoms with van der Waals surface area (Å²) >= 11 is 5.52. The van der Waals surface area contributed by atoms with Crippen LogP contribution >= 0.6 is 6.64 Å². The van der Waals surface area contributed by atoms with Crippen molar-refractivity contribution in [2.24, 2.45) is 0 Å². The summed E-state index contributed by atoms with van der Waals surface area (Å²) in [6, 6.07) is -0.795. The molecule has 0 aromatic carbocycles. The van der Waals surface area contributed by atoms with Crippen molar-refractivity contribution in [3.63, 3.8) is 0 Å². The van der Waals surface area contributed by atoms with Crippen molar-refractivity contribution < 1.29 is 27.7 Å². The number of halogens is 1. The van der Waals surface area contributed by atoms with Crippen LogP contribution < -0.4 is 16.1 Å². The highest BCUT2D eigenvalue weighted by molar-refractivity contribution is 8.09. The van der Waals surface area contributed by atoms with Crippen LogP contribution in [0.2, 0.25) is 0 Å². The highest BCUT2D eigenvalue weighted by Crippen LogP contribution is 2.57. The molecule has 2 aromatic rings. The zero-order valence-electron chi connectivity index (χ0n) is 18.8. The lowest BCUT2D eigenvalue weighted by Crippen LogP contribution is -2.47. The topological polar surface area (TPSA) is 148 Å². The number of ether oxygens (including phenoxy) is 2. The number of nitrogen functional groups attached to an aromatic ring is 1. The molecular formula is C18H27FN7O5PS. The number of carbonyl (C=O) groups is 1. The molecule has 0 bridgehead atoms. The Hall–Kier alpha value is -1.96. The minimum atomic E-state index is -3.21. The van der Waals surface area contributed by atoms with E-state index in [1.54, 1.807) is 27.8 Å². The normalized spacial score (nSPS) is 32.6. The van der Waals surface area contributed by atoms with E-state index in [9.17, 15) is 4.79 Å².